The normalized spacial score (nSPS) is 15.1. The first-order valence-corrected chi connectivity index (χ1v) is 9.71. The summed E-state index contributed by atoms with van der Waals surface area (Å²) < 4.78 is 14.1. The van der Waals surface area contributed by atoms with Gasteiger partial charge in [-0.05, 0) is 48.9 Å². The van der Waals surface area contributed by atoms with E-state index in [4.69, 9.17) is 11.6 Å². The number of nitrogens with one attached hydrogen (secondary N) is 4. The molecule has 4 N–H and O–H groups in total. The van der Waals surface area contributed by atoms with E-state index >= 15 is 0 Å². The highest BCUT2D eigenvalue weighted by Gasteiger charge is 2.35. The summed E-state index contributed by atoms with van der Waals surface area (Å²) in [7, 11) is 0. The van der Waals surface area contributed by atoms with E-state index in [1.807, 2.05) is 0 Å². The number of aromatic amines is 1. The molecular weight excluding hydrogens is 425 g/mol. The molecule has 2 heterocycles. The highest BCUT2D eigenvalue weighted by atomic mass is 35.5. The molecule has 2 aromatic carbocycles. The lowest BCUT2D eigenvalue weighted by molar-refractivity contribution is -0.123. The van der Waals surface area contributed by atoms with Gasteiger partial charge < -0.3 is 16.0 Å². The number of benzene rings is 2. The van der Waals surface area contributed by atoms with Crippen LogP contribution in [0.25, 0.3) is 0 Å². The molecule has 1 aliphatic rings. The molecule has 0 bridgehead atoms. The van der Waals surface area contributed by atoms with Gasteiger partial charge in [0.2, 0.25) is 17.8 Å². The maximum Gasteiger partial charge on any atom is 0.258 e. The molecule has 31 heavy (non-hydrogen) atoms. The lowest BCUT2D eigenvalue weighted by atomic mass is 9.92. The number of amides is 2. The van der Waals surface area contributed by atoms with Crippen LogP contribution in [0.2, 0.25) is 5.02 Å². The summed E-state index contributed by atoms with van der Waals surface area (Å²) >= 11 is 5.86. The molecule has 158 valence electrons. The van der Waals surface area contributed by atoms with E-state index < -0.39 is 29.1 Å². The number of aryl methyl sites for hydroxylation is 1. The highest BCUT2D eigenvalue weighted by molar-refractivity contribution is 6.30. The van der Waals surface area contributed by atoms with Gasteiger partial charge in [0.05, 0.1) is 17.2 Å². The first kappa shape index (κ1) is 20.5. The van der Waals surface area contributed by atoms with Gasteiger partial charge in [0.15, 0.2) is 0 Å². The fourth-order valence-electron chi connectivity index (χ4n) is 3.27. The van der Waals surface area contributed by atoms with Gasteiger partial charge in [0.25, 0.3) is 5.56 Å². The molecule has 0 radical (unpaired) electrons. The van der Waals surface area contributed by atoms with E-state index in [0.717, 1.165) is 0 Å². The molecule has 1 atom stereocenters. The Morgan fingerprint density at radius 2 is 1.94 bits per heavy atom. The second-order valence-corrected chi connectivity index (χ2v) is 7.52. The molecule has 8 nitrogen and oxygen atoms in total. The number of H-pyrrole nitrogens is 1. The van der Waals surface area contributed by atoms with Crippen molar-refractivity contribution < 1.29 is 14.0 Å². The topological polar surface area (TPSA) is 116 Å². The van der Waals surface area contributed by atoms with Gasteiger partial charge in [-0.1, -0.05) is 17.7 Å². The molecule has 0 fully saturated rings. The fourth-order valence-corrected chi connectivity index (χ4v) is 3.39. The van der Waals surface area contributed by atoms with Crippen molar-refractivity contribution in [2.24, 2.45) is 0 Å². The summed E-state index contributed by atoms with van der Waals surface area (Å²) in [6.45, 7) is 1.72. The number of rotatable bonds is 4. The second-order valence-electron chi connectivity index (χ2n) is 7.09. The van der Waals surface area contributed by atoms with Gasteiger partial charge in [0, 0.05) is 17.1 Å². The van der Waals surface area contributed by atoms with Crippen LogP contribution in [0.15, 0.2) is 47.3 Å². The van der Waals surface area contributed by atoms with Crippen LogP contribution in [0.1, 0.15) is 23.5 Å². The van der Waals surface area contributed by atoms with Crippen molar-refractivity contribution in [3.63, 3.8) is 0 Å². The number of carbonyl (C=O) groups is 2. The minimum Gasteiger partial charge on any atom is -0.326 e. The average molecular weight is 442 g/mol. The number of aromatic nitrogens is 2. The number of nitrogens with zero attached hydrogens (tertiary/aromatic N) is 1. The summed E-state index contributed by atoms with van der Waals surface area (Å²) in [4.78, 5) is 44.5. The zero-order valence-corrected chi connectivity index (χ0v) is 17.0. The Labute approximate surface area is 180 Å². The molecule has 0 aliphatic carbocycles. The molecule has 0 saturated carbocycles. The third-order valence-corrected chi connectivity index (χ3v) is 5.01. The van der Waals surface area contributed by atoms with E-state index in [1.165, 1.54) is 12.1 Å². The maximum atomic E-state index is 14.1. The fraction of sp³-hybridized carbons (Fsp3) is 0.143. The predicted octanol–water partition coefficient (Wildman–Crippen LogP) is 3.68. The number of anilines is 4. The summed E-state index contributed by atoms with van der Waals surface area (Å²) in [5, 5.41) is 8.42. The molecular formula is C21H17ClFN5O3. The van der Waals surface area contributed by atoms with E-state index in [0.29, 0.717) is 16.3 Å². The number of hydrogen-bond donors (Lipinski definition) is 4. The Morgan fingerprint density at radius 1 is 1.19 bits per heavy atom. The van der Waals surface area contributed by atoms with E-state index in [9.17, 15) is 18.8 Å². The first-order valence-electron chi connectivity index (χ1n) is 9.34. The van der Waals surface area contributed by atoms with Crippen LogP contribution in [-0.4, -0.2) is 21.8 Å². The number of fused-ring (bicyclic) bond motifs is 1. The van der Waals surface area contributed by atoms with Gasteiger partial charge in [0.1, 0.15) is 11.6 Å². The van der Waals surface area contributed by atoms with Crippen LogP contribution in [0.4, 0.5) is 27.5 Å². The summed E-state index contributed by atoms with van der Waals surface area (Å²) in [6.07, 6.45) is -0.263. The minimum atomic E-state index is -1.12. The molecule has 0 spiro atoms. The minimum absolute atomic E-state index is 0.00581. The standard InChI is InChI=1S/C21H17ClFN5O3/c1-10-2-7-15(14(23)8-10)25-19(30)13-9-16(29)26-18-17(13)20(31)28-21(27-18)24-12-5-3-11(22)4-6-12/h2-8,13H,9H2,1H3,(H,25,30)(H3,24,26,27,28,29,31)/t13-/m0/s1. The van der Waals surface area contributed by atoms with Crippen LogP contribution in [-0.2, 0) is 9.59 Å². The summed E-state index contributed by atoms with van der Waals surface area (Å²) in [5.41, 5.74) is 0.684. The van der Waals surface area contributed by atoms with Crippen molar-refractivity contribution in [1.82, 2.24) is 9.97 Å². The largest absolute Gasteiger partial charge is 0.326 e. The van der Waals surface area contributed by atoms with Gasteiger partial charge >= 0.3 is 0 Å². The predicted molar refractivity (Wildman–Crippen MR) is 115 cm³/mol. The average Bonchev–Trinajstić information content (AvgIpc) is 2.71. The third kappa shape index (κ3) is 4.41. The molecule has 2 amide bonds. The first-order chi connectivity index (χ1) is 14.8. The summed E-state index contributed by atoms with van der Waals surface area (Å²) in [6, 6.07) is 11.0. The van der Waals surface area contributed by atoms with Gasteiger partial charge in [-0.15, -0.1) is 0 Å². The van der Waals surface area contributed by atoms with Gasteiger partial charge in [-0.2, -0.15) is 4.98 Å². The number of halogens is 2. The Hall–Kier alpha value is -3.72. The quantitative estimate of drug-likeness (QED) is 0.493. The van der Waals surface area contributed by atoms with E-state index in [2.05, 4.69) is 25.9 Å². The summed E-state index contributed by atoms with van der Waals surface area (Å²) in [5.74, 6) is -2.83. The molecule has 1 aromatic heterocycles. The number of carbonyl (C=O) groups excluding carboxylic acids is 2. The Bertz CT molecular complexity index is 1240. The Kier molecular flexibility index (Phi) is 5.43. The monoisotopic (exact) mass is 441 g/mol. The molecule has 4 rings (SSSR count). The zero-order chi connectivity index (χ0) is 22.1. The van der Waals surface area contributed by atoms with Crippen LogP contribution in [0, 0.1) is 12.7 Å². The van der Waals surface area contributed by atoms with Crippen LogP contribution < -0.4 is 21.5 Å². The number of hydrogen-bond acceptors (Lipinski definition) is 5. The SMILES string of the molecule is Cc1ccc(NC(=O)[C@H]2CC(=O)Nc3nc(Nc4ccc(Cl)cc4)[nH]c(=O)c32)c(F)c1. The van der Waals surface area contributed by atoms with E-state index in [-0.39, 0.29) is 29.4 Å². The smallest absolute Gasteiger partial charge is 0.258 e. The Morgan fingerprint density at radius 3 is 2.65 bits per heavy atom. The zero-order valence-electron chi connectivity index (χ0n) is 16.3. The van der Waals surface area contributed by atoms with Crippen LogP contribution in [0.5, 0.6) is 0 Å². The molecule has 0 unspecified atom stereocenters. The Balaban J connectivity index is 1.64. The van der Waals surface area contributed by atoms with Gasteiger partial charge in [-0.25, -0.2) is 4.39 Å². The van der Waals surface area contributed by atoms with Crippen LogP contribution >= 0.6 is 11.6 Å². The molecule has 10 heteroatoms. The van der Waals surface area contributed by atoms with Crippen molar-refractivity contribution in [1.29, 1.82) is 0 Å². The van der Waals surface area contributed by atoms with E-state index in [1.54, 1.807) is 37.3 Å². The second kappa shape index (κ2) is 8.19. The van der Waals surface area contributed by atoms with Crippen molar-refractivity contribution >= 4 is 46.6 Å². The van der Waals surface area contributed by atoms with Crippen molar-refractivity contribution in [3.8, 4) is 0 Å². The molecule has 3 aromatic rings. The van der Waals surface area contributed by atoms with Crippen molar-refractivity contribution in [2.75, 3.05) is 16.0 Å². The molecule has 1 aliphatic heterocycles. The van der Waals surface area contributed by atoms with Gasteiger partial charge in [-0.3, -0.25) is 19.4 Å². The van der Waals surface area contributed by atoms with Crippen LogP contribution in [0.3, 0.4) is 0 Å². The lowest BCUT2D eigenvalue weighted by Crippen LogP contribution is -2.36. The maximum absolute atomic E-state index is 14.1. The molecule has 0 saturated heterocycles. The highest BCUT2D eigenvalue weighted by Crippen LogP contribution is 2.30. The lowest BCUT2D eigenvalue weighted by Gasteiger charge is -2.23. The van der Waals surface area contributed by atoms with Crippen molar-refractivity contribution in [3.05, 3.63) is 74.8 Å². The third-order valence-electron chi connectivity index (χ3n) is 4.76. The van der Waals surface area contributed by atoms with Crippen molar-refractivity contribution in [2.45, 2.75) is 19.3 Å².